The number of hydrogen-bond donors (Lipinski definition) is 1. The lowest BCUT2D eigenvalue weighted by Gasteiger charge is -2.15. The summed E-state index contributed by atoms with van der Waals surface area (Å²) in [5.41, 5.74) is 2.34. The van der Waals surface area contributed by atoms with Gasteiger partial charge in [-0.25, -0.2) is 0 Å². The van der Waals surface area contributed by atoms with Gasteiger partial charge in [0, 0.05) is 5.69 Å². The first kappa shape index (κ1) is 24.5. The molecular formula is C27H26IN3O5. The number of carbonyl (C=O) groups excluding carboxylic acids is 3. The molecule has 2 aromatic carbocycles. The van der Waals surface area contributed by atoms with Crippen LogP contribution in [0.4, 0.5) is 5.69 Å². The summed E-state index contributed by atoms with van der Waals surface area (Å²) in [6.45, 7) is 3.98. The molecule has 1 aliphatic heterocycles. The molecule has 1 N–H and O–H groups in total. The number of amides is 3. The molecule has 4 atom stereocenters. The Labute approximate surface area is 222 Å². The molecule has 2 aromatic rings. The van der Waals surface area contributed by atoms with Crippen molar-refractivity contribution in [1.82, 2.24) is 5.01 Å². The van der Waals surface area contributed by atoms with Crippen LogP contribution in [0.25, 0.3) is 0 Å². The van der Waals surface area contributed by atoms with E-state index in [0.29, 0.717) is 27.2 Å². The summed E-state index contributed by atoms with van der Waals surface area (Å²) in [6, 6.07) is 11.0. The molecule has 5 rings (SSSR count). The zero-order chi connectivity index (χ0) is 25.4. The van der Waals surface area contributed by atoms with Crippen molar-refractivity contribution >= 4 is 52.2 Å². The highest BCUT2D eigenvalue weighted by atomic mass is 127. The number of nitrogens with one attached hydrogen (secondary N) is 1. The molecule has 186 valence electrons. The van der Waals surface area contributed by atoms with E-state index in [1.165, 1.54) is 6.21 Å². The predicted octanol–water partition coefficient (Wildman–Crippen LogP) is 4.16. The van der Waals surface area contributed by atoms with E-state index in [1.54, 1.807) is 12.1 Å². The molecule has 0 unspecified atom stereocenters. The molecule has 2 bridgehead atoms. The zero-order valence-corrected chi connectivity index (χ0v) is 22.1. The number of fused-ring (bicyclic) bond motifs is 5. The monoisotopic (exact) mass is 599 g/mol. The Morgan fingerprint density at radius 3 is 2.50 bits per heavy atom. The minimum absolute atomic E-state index is 0.140. The third-order valence-corrected chi connectivity index (χ3v) is 7.67. The number of para-hydroxylation sites is 1. The Bertz CT molecular complexity index is 1260. The second kappa shape index (κ2) is 10.0. The van der Waals surface area contributed by atoms with Crippen LogP contribution in [0, 0.1) is 34.2 Å². The number of hydrazone groups is 1. The Hall–Kier alpha value is -3.21. The summed E-state index contributed by atoms with van der Waals surface area (Å²) in [7, 11) is 0. The number of halogens is 1. The number of anilines is 1. The van der Waals surface area contributed by atoms with Crippen molar-refractivity contribution in [2.75, 3.05) is 18.5 Å². The molecule has 36 heavy (non-hydrogen) atoms. The Morgan fingerprint density at radius 1 is 1.14 bits per heavy atom. The van der Waals surface area contributed by atoms with Crippen LogP contribution in [0.1, 0.15) is 24.5 Å². The lowest BCUT2D eigenvalue weighted by atomic mass is 9.85. The topological polar surface area (TPSA) is 97.3 Å². The molecule has 1 saturated heterocycles. The van der Waals surface area contributed by atoms with Crippen LogP contribution in [-0.2, 0) is 14.4 Å². The Kier molecular flexibility index (Phi) is 6.83. The van der Waals surface area contributed by atoms with Crippen LogP contribution in [0.5, 0.6) is 11.5 Å². The Morgan fingerprint density at radius 2 is 1.83 bits per heavy atom. The first-order valence-electron chi connectivity index (χ1n) is 11.9. The minimum Gasteiger partial charge on any atom is -0.490 e. The summed E-state index contributed by atoms with van der Waals surface area (Å²) < 4.78 is 12.3. The molecule has 0 radical (unpaired) electrons. The van der Waals surface area contributed by atoms with E-state index in [9.17, 15) is 14.4 Å². The van der Waals surface area contributed by atoms with Crippen molar-refractivity contribution in [3.8, 4) is 11.5 Å². The van der Waals surface area contributed by atoms with Crippen LogP contribution in [0.15, 0.2) is 53.7 Å². The van der Waals surface area contributed by atoms with Crippen molar-refractivity contribution < 1.29 is 23.9 Å². The lowest BCUT2D eigenvalue weighted by molar-refractivity contribution is -0.140. The number of nitrogens with zero attached hydrogens (tertiary/aromatic N) is 2. The fourth-order valence-electron chi connectivity index (χ4n) is 5.23. The number of carbonyl (C=O) groups is 3. The van der Waals surface area contributed by atoms with Gasteiger partial charge in [-0.15, -0.1) is 0 Å². The highest BCUT2D eigenvalue weighted by Crippen LogP contribution is 2.52. The molecule has 8 nitrogen and oxygen atoms in total. The third kappa shape index (κ3) is 4.52. The van der Waals surface area contributed by atoms with Crippen LogP contribution < -0.4 is 14.8 Å². The molecule has 1 heterocycles. The molecule has 9 heteroatoms. The number of hydrogen-bond acceptors (Lipinski definition) is 6. The van der Waals surface area contributed by atoms with E-state index in [2.05, 4.69) is 45.2 Å². The van der Waals surface area contributed by atoms with Gasteiger partial charge >= 0.3 is 0 Å². The summed E-state index contributed by atoms with van der Waals surface area (Å²) in [5.74, 6) is -0.130. The molecule has 0 aromatic heterocycles. The summed E-state index contributed by atoms with van der Waals surface area (Å²) in [5, 5.41) is 8.12. The maximum absolute atomic E-state index is 12.9. The smallest absolute Gasteiger partial charge is 0.262 e. The largest absolute Gasteiger partial charge is 0.490 e. The quantitative estimate of drug-likeness (QED) is 0.213. The second-order valence-corrected chi connectivity index (χ2v) is 10.3. The molecule has 3 amide bonds. The van der Waals surface area contributed by atoms with E-state index in [-0.39, 0.29) is 48.0 Å². The lowest BCUT2D eigenvalue weighted by Crippen LogP contribution is -2.28. The summed E-state index contributed by atoms with van der Waals surface area (Å²) in [6.07, 6.45) is 6.48. The van der Waals surface area contributed by atoms with Gasteiger partial charge in [-0.05, 0) is 84.0 Å². The number of ether oxygens (including phenoxy) is 2. The highest BCUT2D eigenvalue weighted by Gasteiger charge is 2.59. The van der Waals surface area contributed by atoms with E-state index in [4.69, 9.17) is 9.47 Å². The van der Waals surface area contributed by atoms with Crippen molar-refractivity contribution in [3.05, 3.63) is 63.2 Å². The second-order valence-electron chi connectivity index (χ2n) is 9.15. The van der Waals surface area contributed by atoms with E-state index in [1.807, 2.05) is 38.1 Å². The summed E-state index contributed by atoms with van der Waals surface area (Å²) in [4.78, 5) is 38.2. The number of rotatable bonds is 8. The van der Waals surface area contributed by atoms with Gasteiger partial charge in [0.25, 0.3) is 17.7 Å². The maximum atomic E-state index is 12.9. The highest BCUT2D eigenvalue weighted by molar-refractivity contribution is 14.1. The van der Waals surface area contributed by atoms with E-state index < -0.39 is 0 Å². The number of benzene rings is 2. The molecule has 3 aliphatic rings. The van der Waals surface area contributed by atoms with Crippen LogP contribution in [0.2, 0.25) is 0 Å². The minimum atomic E-state index is -0.287. The van der Waals surface area contributed by atoms with E-state index >= 15 is 0 Å². The van der Waals surface area contributed by atoms with Gasteiger partial charge in [0.2, 0.25) is 0 Å². The maximum Gasteiger partial charge on any atom is 0.262 e. The molecule has 2 fully saturated rings. The van der Waals surface area contributed by atoms with Gasteiger partial charge in [-0.3, -0.25) is 14.4 Å². The fraction of sp³-hybridized carbons (Fsp3) is 0.333. The fourth-order valence-corrected chi connectivity index (χ4v) is 6.01. The third-order valence-electron chi connectivity index (χ3n) is 6.87. The van der Waals surface area contributed by atoms with Gasteiger partial charge in [0.1, 0.15) is 0 Å². The van der Waals surface area contributed by atoms with E-state index in [0.717, 1.165) is 22.7 Å². The van der Waals surface area contributed by atoms with Crippen LogP contribution >= 0.6 is 22.6 Å². The van der Waals surface area contributed by atoms with Gasteiger partial charge in [0.05, 0.1) is 28.2 Å². The van der Waals surface area contributed by atoms with Gasteiger partial charge in [-0.1, -0.05) is 30.4 Å². The van der Waals surface area contributed by atoms with Crippen LogP contribution in [0.3, 0.4) is 0 Å². The van der Waals surface area contributed by atoms with Gasteiger partial charge in [0.15, 0.2) is 18.1 Å². The molecular weight excluding hydrogens is 573 g/mol. The first-order valence-corrected chi connectivity index (χ1v) is 13.0. The Balaban J connectivity index is 1.29. The van der Waals surface area contributed by atoms with Crippen molar-refractivity contribution in [2.24, 2.45) is 28.8 Å². The molecule has 1 saturated carbocycles. The first-order chi connectivity index (χ1) is 17.4. The average Bonchev–Trinajstić information content (AvgIpc) is 3.53. The number of imide groups is 1. The predicted molar refractivity (Wildman–Crippen MR) is 143 cm³/mol. The number of aryl methyl sites for hydroxylation is 1. The van der Waals surface area contributed by atoms with Crippen molar-refractivity contribution in [1.29, 1.82) is 0 Å². The number of allylic oxidation sites excluding steroid dienone is 2. The zero-order valence-electron chi connectivity index (χ0n) is 19.9. The average molecular weight is 599 g/mol. The van der Waals surface area contributed by atoms with Crippen molar-refractivity contribution in [3.63, 3.8) is 0 Å². The SMILES string of the molecule is CCOc1cc(C=NN2C(=O)[C@@H]3[C@H](C2=O)[C@H]2C=C[C@H]3C2)cc(I)c1OCC(=O)Nc1ccccc1C. The standard InChI is InChI=1S/C27H26IN3O5/c1-3-35-21-11-16(13-29-31-26(33)23-17-8-9-18(12-17)24(23)27(31)34)10-19(28)25(21)36-14-22(32)30-20-7-5-4-6-15(20)2/h4-11,13,17-18,23-24H,3,12,14H2,1-2H3,(H,30,32)/t17-,18-,23-,24+/m0/s1. The molecule has 0 spiro atoms. The summed E-state index contributed by atoms with van der Waals surface area (Å²) >= 11 is 2.10. The van der Waals surface area contributed by atoms with Gasteiger partial charge in [-0.2, -0.15) is 10.1 Å². The van der Waals surface area contributed by atoms with Crippen molar-refractivity contribution in [2.45, 2.75) is 20.3 Å². The van der Waals surface area contributed by atoms with Crippen LogP contribution in [-0.4, -0.2) is 42.2 Å². The van der Waals surface area contributed by atoms with Gasteiger partial charge < -0.3 is 14.8 Å². The molecule has 2 aliphatic carbocycles. The normalized spacial score (nSPS) is 24.0.